The van der Waals surface area contributed by atoms with E-state index in [4.69, 9.17) is 15.0 Å². The van der Waals surface area contributed by atoms with Gasteiger partial charge in [-0.1, -0.05) is 233 Å². The van der Waals surface area contributed by atoms with E-state index in [0.29, 0.717) is 0 Å². The van der Waals surface area contributed by atoms with Crippen LogP contribution in [0.4, 0.5) is 0 Å². The molecule has 0 saturated heterocycles. The van der Waals surface area contributed by atoms with Crippen molar-refractivity contribution in [2.75, 3.05) is 0 Å². The molecular weight excluding hydrogens is 1320 g/mol. The summed E-state index contributed by atoms with van der Waals surface area (Å²) < 4.78 is 0. The van der Waals surface area contributed by atoms with Crippen molar-refractivity contribution in [2.24, 2.45) is 0 Å². The summed E-state index contributed by atoms with van der Waals surface area (Å²) in [6.07, 6.45) is 9.01. The van der Waals surface area contributed by atoms with Crippen molar-refractivity contribution in [1.29, 1.82) is 0 Å². The second-order valence-corrected chi connectivity index (χ2v) is 35.0. The first-order valence-electron chi connectivity index (χ1n) is 34.1. The maximum Gasteiger partial charge on any atom is 3.00 e. The Labute approximate surface area is 577 Å². The third kappa shape index (κ3) is 12.2. The van der Waals surface area contributed by atoms with Crippen molar-refractivity contribution in [3.8, 4) is 101 Å². The predicted molar refractivity (Wildman–Crippen MR) is 393 cm³/mol. The van der Waals surface area contributed by atoms with Crippen molar-refractivity contribution in [1.82, 2.24) is 15.0 Å². The Morgan fingerprint density at radius 3 is 0.830 bits per heavy atom. The third-order valence-electron chi connectivity index (χ3n) is 21.4. The number of benzene rings is 7. The van der Waals surface area contributed by atoms with Crippen LogP contribution in [-0.4, -0.2) is 15.0 Å². The quantitative estimate of drug-likeness (QED) is 0.135. The van der Waals surface area contributed by atoms with Gasteiger partial charge in [0.2, 0.25) is 0 Å². The Hall–Kier alpha value is -7.36. The topological polar surface area (TPSA) is 38.7 Å². The Morgan fingerprint density at radius 1 is 0.277 bits per heavy atom. The molecule has 0 fully saturated rings. The molecule has 3 nitrogen and oxygen atoms in total. The molecule has 3 heterocycles. The van der Waals surface area contributed by atoms with E-state index in [1.807, 2.05) is 18.6 Å². The van der Waals surface area contributed by atoms with Gasteiger partial charge in [-0.2, -0.15) is 0 Å². The van der Waals surface area contributed by atoms with Crippen molar-refractivity contribution in [2.45, 2.75) is 213 Å². The normalized spacial score (nSPS) is 17.1. The second-order valence-electron chi connectivity index (χ2n) is 35.0. The molecule has 0 radical (unpaired) electrons. The number of pyridine rings is 3. The molecule has 7 aromatic carbocycles. The number of fused-ring (bicyclic) bond motifs is 3. The molecule has 10 aromatic rings. The van der Waals surface area contributed by atoms with E-state index in [-0.39, 0.29) is 68.8 Å². The first kappa shape index (κ1) is 66.7. The largest absolute Gasteiger partial charge is 3.00 e. The van der Waals surface area contributed by atoms with Crippen LogP contribution in [0.25, 0.3) is 101 Å². The van der Waals surface area contributed by atoms with Gasteiger partial charge in [-0.05, 0) is 200 Å². The minimum absolute atomic E-state index is 0. The van der Waals surface area contributed by atoms with E-state index in [2.05, 4.69) is 309 Å². The maximum absolute atomic E-state index is 4.91. The fourth-order valence-electron chi connectivity index (χ4n) is 17.0. The predicted octanol–water partition coefficient (Wildman–Crippen LogP) is 24.0. The number of aromatic nitrogens is 3. The van der Waals surface area contributed by atoms with E-state index in [1.165, 1.54) is 100 Å². The average Bonchev–Trinajstić information content (AvgIpc) is 1.53. The number of rotatable bonds is 9. The van der Waals surface area contributed by atoms with E-state index >= 15 is 0 Å². The minimum Gasteiger partial charge on any atom is -0.305 e. The Morgan fingerprint density at radius 2 is 0.532 bits per heavy atom. The summed E-state index contributed by atoms with van der Waals surface area (Å²) in [6.45, 7) is 49.7. The summed E-state index contributed by atoms with van der Waals surface area (Å²) in [5.41, 5.74) is 32.0. The zero-order valence-corrected chi connectivity index (χ0v) is 62.3. The van der Waals surface area contributed by atoms with Gasteiger partial charge in [0.1, 0.15) is 0 Å². The number of hydrogen-bond donors (Lipinski definition) is 0. The Balaban J connectivity index is 0.00000848. The van der Waals surface area contributed by atoms with Crippen LogP contribution in [0.3, 0.4) is 0 Å². The van der Waals surface area contributed by atoms with Crippen LogP contribution in [0.1, 0.15) is 215 Å². The first-order chi connectivity index (χ1) is 43.4. The molecule has 0 amide bonds. The minimum atomic E-state index is -0.0561. The van der Waals surface area contributed by atoms with E-state index in [0.717, 1.165) is 69.7 Å². The van der Waals surface area contributed by atoms with E-state index in [9.17, 15) is 0 Å². The molecule has 3 aromatic heterocycles. The summed E-state index contributed by atoms with van der Waals surface area (Å²) in [7, 11) is 0. The van der Waals surface area contributed by atoms with Gasteiger partial charge in [0.15, 0.2) is 0 Å². The van der Waals surface area contributed by atoms with Gasteiger partial charge >= 0.3 is 20.1 Å². The summed E-state index contributed by atoms with van der Waals surface area (Å²) in [5.74, 6) is 0. The molecule has 0 aliphatic heterocycles. The third-order valence-corrected chi connectivity index (χ3v) is 21.4. The molecule has 0 unspecified atom stereocenters. The molecule has 13 rings (SSSR count). The molecule has 4 heteroatoms. The van der Waals surface area contributed by atoms with Crippen LogP contribution in [-0.2, 0) is 68.8 Å². The molecule has 0 bridgehead atoms. The van der Waals surface area contributed by atoms with Gasteiger partial charge in [0.05, 0.1) is 0 Å². The fourth-order valence-corrected chi connectivity index (χ4v) is 17.0. The van der Waals surface area contributed by atoms with Gasteiger partial charge in [0, 0.05) is 24.3 Å². The summed E-state index contributed by atoms with van der Waals surface area (Å²) in [4.78, 5) is 14.7. The summed E-state index contributed by atoms with van der Waals surface area (Å²) >= 11 is 0. The van der Waals surface area contributed by atoms with Gasteiger partial charge in [0.25, 0.3) is 0 Å². The van der Waals surface area contributed by atoms with Gasteiger partial charge < -0.3 is 9.97 Å². The molecule has 94 heavy (non-hydrogen) atoms. The van der Waals surface area contributed by atoms with Crippen LogP contribution in [0.5, 0.6) is 0 Å². The SMILES string of the molecule is CC(C)(C)c1ccnc(-c2[c-]cc(-c3cc4c(cc3-c3cc(-c5cc6c(cc5-c5[c-]cc(-c7cc(C(C)(C)C)ccn7)cc5)C(C)(C)CC6(C)C)cc(-c5cc6c(cc5-c5c[c-]c(-c7cc(C(C)(C)C)ccn7)cc5)C(C)(C)CC6(C)C)c3)C(C)(C)CC4(C)C)cc2)c1.[Ir+3]. The molecule has 0 saturated carbocycles. The van der Waals surface area contributed by atoms with Crippen LogP contribution in [0, 0.1) is 18.2 Å². The molecule has 0 N–H and O–H groups in total. The van der Waals surface area contributed by atoms with Crippen LogP contribution < -0.4 is 0 Å². The molecule has 3 aliphatic carbocycles. The molecule has 0 atom stereocenters. The van der Waals surface area contributed by atoms with Crippen molar-refractivity contribution in [3.05, 3.63) is 232 Å². The van der Waals surface area contributed by atoms with Crippen LogP contribution in [0.2, 0.25) is 0 Å². The zero-order chi connectivity index (χ0) is 66.5. The number of hydrogen-bond acceptors (Lipinski definition) is 3. The Kier molecular flexibility index (Phi) is 16.2. The molecular formula is C90H96IrN3. The monoisotopic (exact) mass is 1410 g/mol. The van der Waals surface area contributed by atoms with Crippen molar-refractivity contribution >= 4 is 0 Å². The van der Waals surface area contributed by atoms with E-state index < -0.39 is 0 Å². The molecule has 3 aliphatic rings. The first-order valence-corrected chi connectivity index (χ1v) is 34.1. The van der Waals surface area contributed by atoms with E-state index in [1.54, 1.807) is 0 Å². The standard InChI is InChI=1S/C90H96N3.Ir/c1-82(2,3)64-34-37-91-79(43-64)58-28-22-55(23-29-58)67-46-73-76(88(16,17)52-85(73,10)11)49-70(67)61-40-62(71-50-77-74(86(12,13)53-89(77,18)19)47-68(71)56-24-30-59(31-25-56)80-44-65(35-38-92-80)83(4,5)6)42-63(41-61)72-51-78-75(87(14,15)54-90(78,20)21)48-69(72)57-26-32-60(33-27-57)81-45-66(36-39-93-81)84(7,8)9;/h22-26,28,30,32-51H,52-54H2,1-21H3;/q-3;+3. The maximum atomic E-state index is 4.91. The molecule has 480 valence electrons. The zero-order valence-electron chi connectivity index (χ0n) is 59.9. The average molecular weight is 1410 g/mol. The van der Waals surface area contributed by atoms with Crippen molar-refractivity contribution < 1.29 is 20.1 Å². The summed E-state index contributed by atoms with van der Waals surface area (Å²) in [5, 5.41) is 0. The summed E-state index contributed by atoms with van der Waals surface area (Å²) in [6, 6.07) is 67.8. The fraction of sp³-hybridized carbons (Fsp3) is 0.367. The second kappa shape index (κ2) is 22.9. The van der Waals surface area contributed by atoms with Crippen LogP contribution >= 0.6 is 0 Å². The van der Waals surface area contributed by atoms with Gasteiger partial charge in [-0.15, -0.1) is 89.5 Å². The van der Waals surface area contributed by atoms with Crippen LogP contribution in [0.15, 0.2) is 164 Å². The molecule has 0 spiro atoms. The number of nitrogens with zero attached hydrogens (tertiary/aromatic N) is 3. The smallest absolute Gasteiger partial charge is 0.305 e. The Bertz CT molecular complexity index is 4120. The van der Waals surface area contributed by atoms with Crippen molar-refractivity contribution in [3.63, 3.8) is 0 Å². The van der Waals surface area contributed by atoms with Gasteiger partial charge in [-0.3, -0.25) is 4.98 Å². The van der Waals surface area contributed by atoms with Gasteiger partial charge in [-0.25, -0.2) is 0 Å².